The number of hydrogen-bond acceptors (Lipinski definition) is 4. The van der Waals surface area contributed by atoms with Gasteiger partial charge in [0.2, 0.25) is 0 Å². The van der Waals surface area contributed by atoms with Gasteiger partial charge in [-0.1, -0.05) is 12.1 Å². The number of aromatic nitrogens is 3. The van der Waals surface area contributed by atoms with Gasteiger partial charge in [-0.2, -0.15) is 0 Å². The van der Waals surface area contributed by atoms with Crippen LogP contribution in [0.3, 0.4) is 0 Å². The zero-order valence-electron chi connectivity index (χ0n) is 18.9. The topological polar surface area (TPSA) is 76.4 Å². The summed E-state index contributed by atoms with van der Waals surface area (Å²) < 4.78 is 21.9. The molecule has 0 aliphatic heterocycles. The van der Waals surface area contributed by atoms with E-state index < -0.39 is 0 Å². The molecular weight excluding hydrogens is 534 g/mol. The van der Waals surface area contributed by atoms with Crippen LogP contribution in [0.15, 0.2) is 60.2 Å². The smallest absolute Gasteiger partial charge is 0.192 e. The van der Waals surface area contributed by atoms with Crippen molar-refractivity contribution in [1.29, 1.82) is 0 Å². The van der Waals surface area contributed by atoms with E-state index in [1.54, 1.807) is 18.6 Å². The van der Waals surface area contributed by atoms with Gasteiger partial charge in [-0.05, 0) is 61.9 Å². The third kappa shape index (κ3) is 7.15. The highest BCUT2D eigenvalue weighted by Gasteiger charge is 2.22. The van der Waals surface area contributed by atoms with E-state index in [1.165, 1.54) is 18.9 Å². The molecule has 9 heteroatoms. The summed E-state index contributed by atoms with van der Waals surface area (Å²) >= 11 is 0. The SMILES string of the molecule is CCNC(=NCc1ccc(-n2ccnc2)nc1)NC(C)c1ccc(OCC2CC2)c(F)c1.I. The first kappa shape index (κ1) is 24.9. The van der Waals surface area contributed by atoms with E-state index in [2.05, 4.69) is 25.6 Å². The number of ether oxygens (including phenoxy) is 1. The van der Waals surface area contributed by atoms with Crippen LogP contribution in [0.25, 0.3) is 5.82 Å². The van der Waals surface area contributed by atoms with Crippen molar-refractivity contribution in [2.75, 3.05) is 13.2 Å². The number of nitrogens with zero attached hydrogens (tertiary/aromatic N) is 4. The zero-order chi connectivity index (χ0) is 22.3. The van der Waals surface area contributed by atoms with Crippen molar-refractivity contribution in [2.24, 2.45) is 10.9 Å². The summed E-state index contributed by atoms with van der Waals surface area (Å²) in [4.78, 5) is 13.2. The van der Waals surface area contributed by atoms with Crippen molar-refractivity contribution in [3.05, 3.63) is 72.2 Å². The molecule has 0 amide bonds. The van der Waals surface area contributed by atoms with Crippen molar-refractivity contribution < 1.29 is 9.13 Å². The minimum atomic E-state index is -0.331. The predicted molar refractivity (Wildman–Crippen MR) is 138 cm³/mol. The fourth-order valence-corrected chi connectivity index (χ4v) is 3.23. The second kappa shape index (κ2) is 12.0. The molecule has 2 aromatic heterocycles. The molecular formula is C24H30FIN6O. The summed E-state index contributed by atoms with van der Waals surface area (Å²) in [7, 11) is 0. The number of guanidine groups is 1. The van der Waals surface area contributed by atoms with Gasteiger partial charge in [-0.3, -0.25) is 4.57 Å². The van der Waals surface area contributed by atoms with Gasteiger partial charge >= 0.3 is 0 Å². The molecule has 1 aliphatic rings. The molecule has 2 N–H and O–H groups in total. The largest absolute Gasteiger partial charge is 0.490 e. The molecule has 7 nitrogen and oxygen atoms in total. The molecule has 0 radical (unpaired) electrons. The fourth-order valence-electron chi connectivity index (χ4n) is 3.23. The summed E-state index contributed by atoms with van der Waals surface area (Å²) in [5.41, 5.74) is 1.82. The fraction of sp³-hybridized carbons (Fsp3) is 0.375. The van der Waals surface area contributed by atoms with Crippen LogP contribution >= 0.6 is 24.0 Å². The van der Waals surface area contributed by atoms with E-state index in [-0.39, 0.29) is 35.8 Å². The van der Waals surface area contributed by atoms with Crippen molar-refractivity contribution in [2.45, 2.75) is 39.3 Å². The predicted octanol–water partition coefficient (Wildman–Crippen LogP) is 4.63. The van der Waals surface area contributed by atoms with Gasteiger partial charge in [0.05, 0.1) is 19.2 Å². The van der Waals surface area contributed by atoms with E-state index in [0.29, 0.717) is 30.8 Å². The highest BCUT2D eigenvalue weighted by molar-refractivity contribution is 14.0. The summed E-state index contributed by atoms with van der Waals surface area (Å²) in [6.45, 7) is 5.78. The zero-order valence-corrected chi connectivity index (χ0v) is 21.2. The van der Waals surface area contributed by atoms with Crippen LogP contribution < -0.4 is 15.4 Å². The monoisotopic (exact) mass is 564 g/mol. The number of benzene rings is 1. The average molecular weight is 564 g/mol. The Bertz CT molecular complexity index is 1040. The first-order chi connectivity index (χ1) is 15.6. The van der Waals surface area contributed by atoms with Crippen LogP contribution in [0.4, 0.5) is 4.39 Å². The lowest BCUT2D eigenvalue weighted by Crippen LogP contribution is -2.38. The standard InChI is InChI=1S/C24H29FN6O.HI/c1-3-27-24(29-14-19-6-9-23(28-13-19)31-11-10-26-16-31)30-17(2)20-7-8-22(21(25)12-20)32-15-18-4-5-18;/h6-13,16-18H,3-5,14-15H2,1-2H3,(H2,27,29,30);1H. The Kier molecular flexibility index (Phi) is 9.04. The van der Waals surface area contributed by atoms with Gasteiger partial charge in [0.25, 0.3) is 0 Å². The third-order valence-electron chi connectivity index (χ3n) is 5.32. The van der Waals surface area contributed by atoms with Gasteiger partial charge in [0, 0.05) is 25.1 Å². The second-order valence-corrected chi connectivity index (χ2v) is 8.00. The number of halogens is 2. The van der Waals surface area contributed by atoms with Gasteiger partial charge < -0.3 is 15.4 Å². The highest BCUT2D eigenvalue weighted by atomic mass is 127. The third-order valence-corrected chi connectivity index (χ3v) is 5.32. The van der Waals surface area contributed by atoms with Crippen LogP contribution in [0.5, 0.6) is 5.75 Å². The molecule has 1 atom stereocenters. The minimum absolute atomic E-state index is 0. The molecule has 2 heterocycles. The first-order valence-electron chi connectivity index (χ1n) is 11.0. The molecule has 0 saturated heterocycles. The maximum Gasteiger partial charge on any atom is 0.192 e. The van der Waals surface area contributed by atoms with Crippen LogP contribution in [0.1, 0.15) is 43.9 Å². The van der Waals surface area contributed by atoms with Crippen LogP contribution in [-0.4, -0.2) is 33.6 Å². The van der Waals surface area contributed by atoms with E-state index >= 15 is 0 Å². The number of hydrogen-bond donors (Lipinski definition) is 2. The summed E-state index contributed by atoms with van der Waals surface area (Å²) in [5, 5.41) is 6.58. The molecule has 3 aromatic rings. The lowest BCUT2D eigenvalue weighted by atomic mass is 10.1. The summed E-state index contributed by atoms with van der Waals surface area (Å²) in [5.74, 6) is 2.04. The van der Waals surface area contributed by atoms with E-state index in [0.717, 1.165) is 23.5 Å². The molecule has 0 bridgehead atoms. The number of rotatable bonds is 9. The highest BCUT2D eigenvalue weighted by Crippen LogP contribution is 2.30. The molecule has 1 aromatic carbocycles. The molecule has 0 spiro atoms. The van der Waals surface area contributed by atoms with Crippen LogP contribution in [0, 0.1) is 11.7 Å². The Labute approximate surface area is 210 Å². The molecule has 1 saturated carbocycles. The maximum atomic E-state index is 14.5. The minimum Gasteiger partial charge on any atom is -0.490 e. The van der Waals surface area contributed by atoms with Crippen LogP contribution in [-0.2, 0) is 6.54 Å². The summed E-state index contributed by atoms with van der Waals surface area (Å²) in [6.07, 6.45) is 9.44. The van der Waals surface area contributed by atoms with Gasteiger partial charge in [0.15, 0.2) is 17.5 Å². The van der Waals surface area contributed by atoms with Crippen molar-refractivity contribution in [3.63, 3.8) is 0 Å². The average Bonchev–Trinajstić information content (AvgIpc) is 3.47. The molecule has 1 aliphatic carbocycles. The van der Waals surface area contributed by atoms with Crippen molar-refractivity contribution in [1.82, 2.24) is 25.2 Å². The number of aliphatic imine (C=N–C) groups is 1. The lowest BCUT2D eigenvalue weighted by molar-refractivity contribution is 0.285. The Morgan fingerprint density at radius 1 is 1.30 bits per heavy atom. The number of nitrogens with one attached hydrogen (secondary N) is 2. The molecule has 1 unspecified atom stereocenters. The number of pyridine rings is 1. The lowest BCUT2D eigenvalue weighted by Gasteiger charge is -2.19. The second-order valence-electron chi connectivity index (χ2n) is 8.00. The Morgan fingerprint density at radius 2 is 2.15 bits per heavy atom. The molecule has 1 fully saturated rings. The molecule has 4 rings (SSSR count). The van der Waals surface area contributed by atoms with Crippen molar-refractivity contribution >= 4 is 29.9 Å². The Balaban J connectivity index is 0.00000306. The van der Waals surface area contributed by atoms with E-state index in [9.17, 15) is 4.39 Å². The van der Waals surface area contributed by atoms with Crippen molar-refractivity contribution in [3.8, 4) is 11.6 Å². The molecule has 33 heavy (non-hydrogen) atoms. The Hall–Kier alpha value is -2.69. The van der Waals surface area contributed by atoms with E-state index in [4.69, 9.17) is 4.74 Å². The van der Waals surface area contributed by atoms with Gasteiger partial charge in [-0.15, -0.1) is 24.0 Å². The van der Waals surface area contributed by atoms with Crippen LogP contribution in [0.2, 0.25) is 0 Å². The Morgan fingerprint density at radius 3 is 2.79 bits per heavy atom. The summed E-state index contributed by atoms with van der Waals surface area (Å²) in [6, 6.07) is 8.94. The maximum absolute atomic E-state index is 14.5. The normalized spacial score (nSPS) is 14.3. The van der Waals surface area contributed by atoms with Gasteiger partial charge in [-0.25, -0.2) is 19.4 Å². The van der Waals surface area contributed by atoms with E-state index in [1.807, 2.05) is 49.0 Å². The number of imidazole rings is 1. The first-order valence-corrected chi connectivity index (χ1v) is 11.0. The quantitative estimate of drug-likeness (QED) is 0.225. The molecule has 176 valence electrons. The van der Waals surface area contributed by atoms with Gasteiger partial charge in [0.1, 0.15) is 12.1 Å².